The third-order valence-electron chi connectivity index (χ3n) is 4.52. The molecule has 0 spiro atoms. The van der Waals surface area contributed by atoms with Crippen LogP contribution in [0.3, 0.4) is 0 Å². The number of aryl methyl sites for hydroxylation is 2. The van der Waals surface area contributed by atoms with Crippen LogP contribution in [0, 0.1) is 0 Å². The number of thioether (sulfide) groups is 1. The zero-order valence-electron chi connectivity index (χ0n) is 15.0. The maximum atomic E-state index is 12.4. The molecule has 0 fully saturated rings. The van der Waals surface area contributed by atoms with E-state index in [4.69, 9.17) is 10.2 Å². The maximum absolute atomic E-state index is 12.4. The molecule has 29 heavy (non-hydrogen) atoms. The first kappa shape index (κ1) is 19.3. The second-order valence-corrected chi connectivity index (χ2v) is 8.51. The van der Waals surface area contributed by atoms with Crippen molar-refractivity contribution in [3.63, 3.8) is 0 Å². The smallest absolute Gasteiger partial charge is 0.335 e. The van der Waals surface area contributed by atoms with Crippen LogP contribution in [-0.4, -0.2) is 43.8 Å². The number of carbonyl (C=O) groups excluding carboxylic acids is 1. The summed E-state index contributed by atoms with van der Waals surface area (Å²) >= 11 is 2.95. The number of aromatic nitrogens is 2. The number of hydrogen-bond donors (Lipinski definition) is 3. The first-order valence-electron chi connectivity index (χ1n) is 8.72. The highest BCUT2D eigenvalue weighted by atomic mass is 32.2. The van der Waals surface area contributed by atoms with E-state index in [0.29, 0.717) is 0 Å². The average Bonchev–Trinajstić information content (AvgIpc) is 3.27. The summed E-state index contributed by atoms with van der Waals surface area (Å²) in [5.74, 6) is -2.87. The predicted octanol–water partition coefficient (Wildman–Crippen LogP) is 3.31. The molecule has 1 aromatic carbocycles. The minimum Gasteiger partial charge on any atom is -0.478 e. The van der Waals surface area contributed by atoms with Crippen molar-refractivity contribution >= 4 is 56.8 Å². The van der Waals surface area contributed by atoms with Crippen molar-refractivity contribution in [1.82, 2.24) is 9.97 Å². The van der Waals surface area contributed by atoms with Gasteiger partial charge < -0.3 is 15.5 Å². The fourth-order valence-electron chi connectivity index (χ4n) is 3.29. The third-order valence-corrected chi connectivity index (χ3v) is 6.71. The molecule has 0 atom stereocenters. The van der Waals surface area contributed by atoms with Crippen LogP contribution in [0.4, 0.5) is 5.69 Å². The Labute approximate surface area is 173 Å². The normalized spacial score (nSPS) is 12.7. The molecule has 2 aromatic heterocycles. The molecule has 1 amide bonds. The Kier molecular flexibility index (Phi) is 5.20. The van der Waals surface area contributed by atoms with E-state index in [1.54, 1.807) is 11.3 Å². The molecule has 0 aliphatic heterocycles. The molecular weight excluding hydrogens is 414 g/mol. The summed E-state index contributed by atoms with van der Waals surface area (Å²) in [5, 5.41) is 22.6. The summed E-state index contributed by atoms with van der Waals surface area (Å²) in [6.07, 6.45) is 4.64. The Morgan fingerprint density at radius 2 is 1.79 bits per heavy atom. The van der Waals surface area contributed by atoms with E-state index in [2.05, 4.69) is 15.3 Å². The van der Waals surface area contributed by atoms with Crippen LogP contribution >= 0.6 is 23.1 Å². The number of benzene rings is 1. The minimum absolute atomic E-state index is 0.0520. The van der Waals surface area contributed by atoms with E-state index in [-0.39, 0.29) is 28.5 Å². The zero-order chi connectivity index (χ0) is 20.5. The van der Waals surface area contributed by atoms with Gasteiger partial charge in [-0.25, -0.2) is 19.6 Å². The van der Waals surface area contributed by atoms with Gasteiger partial charge in [-0.15, -0.1) is 11.3 Å². The first-order chi connectivity index (χ1) is 13.9. The lowest BCUT2D eigenvalue weighted by molar-refractivity contribution is -0.113. The molecule has 148 valence electrons. The molecule has 0 radical (unpaired) electrons. The van der Waals surface area contributed by atoms with Gasteiger partial charge in [-0.05, 0) is 43.0 Å². The molecule has 3 aromatic rings. The largest absolute Gasteiger partial charge is 0.478 e. The number of hydrogen-bond acceptors (Lipinski definition) is 7. The number of rotatable bonds is 6. The van der Waals surface area contributed by atoms with Crippen molar-refractivity contribution in [2.45, 2.75) is 24.3 Å². The van der Waals surface area contributed by atoms with E-state index < -0.39 is 11.9 Å². The number of amides is 1. The third kappa shape index (κ3) is 3.94. The maximum Gasteiger partial charge on any atom is 0.335 e. The molecule has 10 heteroatoms. The standard InChI is InChI=1S/C19H15N3O5S2/c23-14(22-11-5-9(18(24)25)4-10(6-11)19(26)27)7-28-16-15-12-2-1-3-13(12)29-17(15)21-8-20-16/h4-6,8H,1-3,7H2,(H,22,23)(H,24,25)(H,26,27). The Balaban J connectivity index is 1.51. The predicted molar refractivity (Wildman–Crippen MR) is 109 cm³/mol. The second-order valence-electron chi connectivity index (χ2n) is 6.46. The summed E-state index contributed by atoms with van der Waals surface area (Å²) in [5.41, 5.74) is 0.976. The van der Waals surface area contributed by atoms with Gasteiger partial charge in [0, 0.05) is 16.0 Å². The van der Waals surface area contributed by atoms with Crippen LogP contribution in [0.15, 0.2) is 29.6 Å². The molecule has 1 aliphatic carbocycles. The number of carbonyl (C=O) groups is 3. The molecular formula is C19H15N3O5S2. The van der Waals surface area contributed by atoms with Crippen molar-refractivity contribution in [3.8, 4) is 0 Å². The Morgan fingerprint density at radius 1 is 1.07 bits per heavy atom. The lowest BCUT2D eigenvalue weighted by Gasteiger charge is -2.08. The van der Waals surface area contributed by atoms with Gasteiger partial charge in [0.15, 0.2) is 0 Å². The van der Waals surface area contributed by atoms with Gasteiger partial charge in [0.25, 0.3) is 0 Å². The van der Waals surface area contributed by atoms with Crippen LogP contribution in [0.25, 0.3) is 10.2 Å². The number of fused-ring (bicyclic) bond motifs is 3. The van der Waals surface area contributed by atoms with E-state index in [1.807, 2.05) is 0 Å². The SMILES string of the molecule is O=C(CSc1ncnc2sc3c(c12)CCC3)Nc1cc(C(=O)O)cc(C(=O)O)c1. The number of anilines is 1. The fourth-order valence-corrected chi connectivity index (χ4v) is 5.41. The Hall–Kier alpha value is -2.98. The fraction of sp³-hybridized carbons (Fsp3) is 0.211. The number of nitrogens with zero attached hydrogens (tertiary/aromatic N) is 2. The number of nitrogens with one attached hydrogen (secondary N) is 1. The zero-order valence-corrected chi connectivity index (χ0v) is 16.6. The number of aromatic carboxylic acids is 2. The van der Waals surface area contributed by atoms with Gasteiger partial charge in [0.05, 0.1) is 16.9 Å². The van der Waals surface area contributed by atoms with Crippen LogP contribution in [0.5, 0.6) is 0 Å². The number of carboxylic acid groups (broad SMARTS) is 2. The minimum atomic E-state index is -1.27. The molecule has 0 unspecified atom stereocenters. The van der Waals surface area contributed by atoms with Crippen LogP contribution in [0.1, 0.15) is 37.6 Å². The number of thiophene rings is 1. The molecule has 0 saturated heterocycles. The van der Waals surface area contributed by atoms with E-state index >= 15 is 0 Å². The molecule has 0 bridgehead atoms. The molecule has 0 saturated carbocycles. The van der Waals surface area contributed by atoms with Crippen molar-refractivity contribution in [1.29, 1.82) is 0 Å². The highest BCUT2D eigenvalue weighted by molar-refractivity contribution is 8.00. The molecule has 2 heterocycles. The second kappa shape index (κ2) is 7.80. The molecule has 8 nitrogen and oxygen atoms in total. The first-order valence-corrected chi connectivity index (χ1v) is 10.5. The van der Waals surface area contributed by atoms with Crippen molar-refractivity contribution < 1.29 is 24.6 Å². The van der Waals surface area contributed by atoms with Gasteiger partial charge >= 0.3 is 11.9 Å². The van der Waals surface area contributed by atoms with Crippen molar-refractivity contribution in [2.24, 2.45) is 0 Å². The van der Waals surface area contributed by atoms with Crippen molar-refractivity contribution in [3.05, 3.63) is 46.1 Å². The monoisotopic (exact) mass is 429 g/mol. The van der Waals surface area contributed by atoms with Gasteiger partial charge in [-0.3, -0.25) is 4.79 Å². The van der Waals surface area contributed by atoms with E-state index in [9.17, 15) is 14.4 Å². The molecule has 3 N–H and O–H groups in total. The quantitative estimate of drug-likeness (QED) is 0.402. The van der Waals surface area contributed by atoms with Crippen LogP contribution in [0.2, 0.25) is 0 Å². The summed E-state index contributed by atoms with van der Waals surface area (Å²) in [6.45, 7) is 0. The Morgan fingerprint density at radius 3 is 2.48 bits per heavy atom. The van der Waals surface area contributed by atoms with Crippen LogP contribution in [-0.2, 0) is 17.6 Å². The molecule has 1 aliphatic rings. The van der Waals surface area contributed by atoms with E-state index in [0.717, 1.165) is 40.6 Å². The lowest BCUT2D eigenvalue weighted by Crippen LogP contribution is -2.15. The average molecular weight is 429 g/mol. The van der Waals surface area contributed by atoms with E-state index in [1.165, 1.54) is 40.7 Å². The number of carboxylic acids is 2. The lowest BCUT2D eigenvalue weighted by atomic mass is 10.1. The molecule has 4 rings (SSSR count). The van der Waals surface area contributed by atoms with Crippen LogP contribution < -0.4 is 5.32 Å². The highest BCUT2D eigenvalue weighted by Gasteiger charge is 2.22. The summed E-state index contributed by atoms with van der Waals surface area (Å²) < 4.78 is 0. The Bertz CT molecular complexity index is 1130. The van der Waals surface area contributed by atoms with Gasteiger partial charge in [0.1, 0.15) is 16.2 Å². The summed E-state index contributed by atoms with van der Waals surface area (Å²) in [7, 11) is 0. The van der Waals surface area contributed by atoms with Gasteiger partial charge in [-0.2, -0.15) is 0 Å². The summed E-state index contributed by atoms with van der Waals surface area (Å²) in [6, 6.07) is 3.50. The van der Waals surface area contributed by atoms with Gasteiger partial charge in [0.2, 0.25) is 5.91 Å². The van der Waals surface area contributed by atoms with Crippen molar-refractivity contribution in [2.75, 3.05) is 11.1 Å². The van der Waals surface area contributed by atoms with Gasteiger partial charge in [-0.1, -0.05) is 11.8 Å². The summed E-state index contributed by atoms with van der Waals surface area (Å²) in [4.78, 5) is 45.7. The highest BCUT2D eigenvalue weighted by Crippen LogP contribution is 2.40. The topological polar surface area (TPSA) is 129 Å².